The summed E-state index contributed by atoms with van der Waals surface area (Å²) in [6.45, 7) is 8.42. The van der Waals surface area contributed by atoms with Gasteiger partial charge in [0.05, 0.1) is 0 Å². The van der Waals surface area contributed by atoms with Crippen LogP contribution in [0.25, 0.3) is 15.3 Å². The van der Waals surface area contributed by atoms with Crippen molar-refractivity contribution >= 4 is 0 Å². The molecule has 8 heavy (non-hydrogen) atoms. The zero-order valence-corrected chi connectivity index (χ0v) is 4.57. The van der Waals surface area contributed by atoms with Gasteiger partial charge in [-0.15, -0.1) is 0 Å². The normalized spacial score (nSPS) is 11.0. The predicted molar refractivity (Wildman–Crippen MR) is 30.1 cm³/mol. The lowest BCUT2D eigenvalue weighted by Gasteiger charge is -1.85. The molecule has 0 radical (unpaired) electrons. The van der Waals surface area contributed by atoms with E-state index < -0.39 is 0 Å². The van der Waals surface area contributed by atoms with Gasteiger partial charge in [0, 0.05) is 11.8 Å². The molecule has 0 N–H and O–H groups in total. The summed E-state index contributed by atoms with van der Waals surface area (Å²) in [4.78, 5) is 5.62. The van der Waals surface area contributed by atoms with Crippen molar-refractivity contribution in [2.45, 2.75) is 13.0 Å². The zero-order chi connectivity index (χ0) is 6.41. The summed E-state index contributed by atoms with van der Waals surface area (Å²) in [5.74, 6) is 0. The zero-order valence-electron chi connectivity index (χ0n) is 4.57. The van der Waals surface area contributed by atoms with Crippen molar-refractivity contribution < 1.29 is 0 Å². The van der Waals surface area contributed by atoms with Crippen LogP contribution < -0.4 is 0 Å². The highest BCUT2D eigenvalue weighted by atomic mass is 15.1. The van der Waals surface area contributed by atoms with Crippen LogP contribution in [0.15, 0.2) is 5.11 Å². The summed E-state index contributed by atoms with van der Waals surface area (Å²) < 4.78 is 0. The highest BCUT2D eigenvalue weighted by molar-refractivity contribution is 4.74. The standard InChI is InChI=1S/C4H6N4/c1-4(6-2)3-7-8-5/h4H,3H2,1H3. The van der Waals surface area contributed by atoms with Gasteiger partial charge >= 0.3 is 0 Å². The number of nitrogens with zero attached hydrogens (tertiary/aromatic N) is 4. The first-order valence-electron chi connectivity index (χ1n) is 2.18. The predicted octanol–water partition coefficient (Wildman–Crippen LogP) is 1.60. The Morgan fingerprint density at radius 1 is 1.88 bits per heavy atom. The molecule has 0 aromatic heterocycles. The third-order valence-electron chi connectivity index (χ3n) is 0.630. The van der Waals surface area contributed by atoms with Crippen molar-refractivity contribution in [3.8, 4) is 0 Å². The number of hydrogen-bond acceptors (Lipinski definition) is 1. The topological polar surface area (TPSA) is 53.1 Å². The van der Waals surface area contributed by atoms with E-state index in [4.69, 9.17) is 12.1 Å². The average molecular weight is 110 g/mol. The Morgan fingerprint density at radius 2 is 2.50 bits per heavy atom. The Bertz CT molecular complexity index is 139. The first kappa shape index (κ1) is 6.80. The summed E-state index contributed by atoms with van der Waals surface area (Å²) in [6, 6.07) is -0.175. The fourth-order valence-corrected chi connectivity index (χ4v) is 0.196. The van der Waals surface area contributed by atoms with E-state index in [1.807, 2.05) is 0 Å². The van der Waals surface area contributed by atoms with Crippen LogP contribution in [-0.4, -0.2) is 12.6 Å². The molecule has 0 aromatic rings. The molecule has 42 valence electrons. The maximum absolute atomic E-state index is 7.77. The summed E-state index contributed by atoms with van der Waals surface area (Å²) in [7, 11) is 0. The van der Waals surface area contributed by atoms with Crippen LogP contribution >= 0.6 is 0 Å². The van der Waals surface area contributed by atoms with Crippen LogP contribution in [0, 0.1) is 6.57 Å². The maximum Gasteiger partial charge on any atom is 0.226 e. The van der Waals surface area contributed by atoms with Gasteiger partial charge in [0.25, 0.3) is 0 Å². The van der Waals surface area contributed by atoms with E-state index in [2.05, 4.69) is 14.9 Å². The molecule has 4 heteroatoms. The number of rotatable bonds is 2. The molecule has 0 saturated heterocycles. The summed E-state index contributed by atoms with van der Waals surface area (Å²) in [5, 5.41) is 3.21. The fourth-order valence-electron chi connectivity index (χ4n) is 0.196. The quantitative estimate of drug-likeness (QED) is 0.224. The van der Waals surface area contributed by atoms with Gasteiger partial charge in [0.1, 0.15) is 6.54 Å². The van der Waals surface area contributed by atoms with Crippen molar-refractivity contribution in [3.63, 3.8) is 0 Å². The second kappa shape index (κ2) is 3.97. The third-order valence-corrected chi connectivity index (χ3v) is 0.630. The lowest BCUT2D eigenvalue weighted by atomic mass is 10.4. The Balaban J connectivity index is 3.43. The molecule has 0 spiro atoms. The minimum atomic E-state index is -0.175. The second-order valence-electron chi connectivity index (χ2n) is 1.39. The summed E-state index contributed by atoms with van der Waals surface area (Å²) in [6.07, 6.45) is 0. The van der Waals surface area contributed by atoms with Gasteiger partial charge in [0.15, 0.2) is 0 Å². The van der Waals surface area contributed by atoms with Gasteiger partial charge in [-0.3, -0.25) is 0 Å². The van der Waals surface area contributed by atoms with Crippen molar-refractivity contribution in [3.05, 3.63) is 21.9 Å². The molecule has 0 bridgehead atoms. The summed E-state index contributed by atoms with van der Waals surface area (Å²) >= 11 is 0. The van der Waals surface area contributed by atoms with E-state index in [1.165, 1.54) is 0 Å². The SMILES string of the molecule is [C-]#[N+]C(C)CN=[N+]=[N-]. The van der Waals surface area contributed by atoms with Crippen LogP contribution in [0.4, 0.5) is 0 Å². The second-order valence-corrected chi connectivity index (χ2v) is 1.39. The molecular weight excluding hydrogens is 104 g/mol. The molecule has 0 saturated carbocycles. The highest BCUT2D eigenvalue weighted by Gasteiger charge is 1.97. The highest BCUT2D eigenvalue weighted by Crippen LogP contribution is 1.87. The first-order valence-corrected chi connectivity index (χ1v) is 2.18. The van der Waals surface area contributed by atoms with Crippen molar-refractivity contribution in [2.24, 2.45) is 5.11 Å². The molecule has 4 nitrogen and oxygen atoms in total. The molecule has 1 unspecified atom stereocenters. The van der Waals surface area contributed by atoms with E-state index >= 15 is 0 Å². The molecule has 0 heterocycles. The van der Waals surface area contributed by atoms with Gasteiger partial charge in [-0.25, -0.2) is 6.57 Å². The average Bonchev–Trinajstić information content (AvgIpc) is 1.83. The number of azide groups is 1. The Hall–Kier alpha value is -1.20. The van der Waals surface area contributed by atoms with Gasteiger partial charge in [-0.1, -0.05) is 5.11 Å². The van der Waals surface area contributed by atoms with E-state index in [0.717, 1.165) is 0 Å². The van der Waals surface area contributed by atoms with Gasteiger partial charge < -0.3 is 4.85 Å². The number of hydrogen-bond donors (Lipinski definition) is 0. The van der Waals surface area contributed by atoms with Gasteiger partial charge in [0.2, 0.25) is 6.04 Å². The lowest BCUT2D eigenvalue weighted by Crippen LogP contribution is -1.96. The molecule has 0 aliphatic carbocycles. The van der Waals surface area contributed by atoms with Crippen LogP contribution in [0.1, 0.15) is 6.92 Å². The molecule has 0 rings (SSSR count). The Morgan fingerprint density at radius 3 is 2.88 bits per heavy atom. The third kappa shape index (κ3) is 3.01. The van der Waals surface area contributed by atoms with Crippen molar-refractivity contribution in [2.75, 3.05) is 6.54 Å². The largest absolute Gasteiger partial charge is 0.314 e. The minimum Gasteiger partial charge on any atom is -0.314 e. The van der Waals surface area contributed by atoms with Crippen LogP contribution in [0.2, 0.25) is 0 Å². The Kier molecular flexibility index (Phi) is 3.38. The molecule has 0 amide bonds. The van der Waals surface area contributed by atoms with Crippen LogP contribution in [-0.2, 0) is 0 Å². The molecule has 0 aliphatic rings. The molecule has 0 aliphatic heterocycles. The smallest absolute Gasteiger partial charge is 0.226 e. The van der Waals surface area contributed by atoms with Crippen LogP contribution in [0.5, 0.6) is 0 Å². The van der Waals surface area contributed by atoms with E-state index in [1.54, 1.807) is 6.92 Å². The minimum absolute atomic E-state index is 0.175. The van der Waals surface area contributed by atoms with E-state index in [-0.39, 0.29) is 12.6 Å². The van der Waals surface area contributed by atoms with Crippen molar-refractivity contribution in [1.29, 1.82) is 0 Å². The summed E-state index contributed by atoms with van der Waals surface area (Å²) in [5.41, 5.74) is 7.77. The van der Waals surface area contributed by atoms with E-state index in [9.17, 15) is 0 Å². The molecule has 1 atom stereocenters. The first-order chi connectivity index (χ1) is 3.81. The fraction of sp³-hybridized carbons (Fsp3) is 0.750. The van der Waals surface area contributed by atoms with Gasteiger partial charge in [-0.2, -0.15) is 0 Å². The maximum atomic E-state index is 7.77. The monoisotopic (exact) mass is 110 g/mol. The Labute approximate surface area is 47.6 Å². The molecular formula is C4H6N4. The lowest BCUT2D eigenvalue weighted by molar-refractivity contribution is 0.850. The van der Waals surface area contributed by atoms with Crippen LogP contribution in [0.3, 0.4) is 0 Å². The van der Waals surface area contributed by atoms with Crippen molar-refractivity contribution in [1.82, 2.24) is 0 Å². The van der Waals surface area contributed by atoms with E-state index in [0.29, 0.717) is 0 Å². The van der Waals surface area contributed by atoms with Gasteiger partial charge in [-0.05, 0) is 5.53 Å². The molecule has 0 aromatic carbocycles. The molecule has 0 fully saturated rings.